The summed E-state index contributed by atoms with van der Waals surface area (Å²) in [5.74, 6) is 2.36. The summed E-state index contributed by atoms with van der Waals surface area (Å²) in [6.45, 7) is 0.540. The monoisotopic (exact) mass is 360 g/mol. The molecule has 1 saturated carbocycles. The zero-order chi connectivity index (χ0) is 18.4. The van der Waals surface area contributed by atoms with E-state index in [1.165, 1.54) is 0 Å². The Morgan fingerprint density at radius 3 is 2.48 bits per heavy atom. The van der Waals surface area contributed by atoms with Crippen LogP contribution in [0.15, 0.2) is 54.6 Å². The van der Waals surface area contributed by atoms with E-state index in [4.69, 9.17) is 10.1 Å². The van der Waals surface area contributed by atoms with E-state index in [2.05, 4.69) is 0 Å². The summed E-state index contributed by atoms with van der Waals surface area (Å²) in [7, 11) is 0. The molecule has 5 rings (SSSR count). The predicted octanol–water partition coefficient (Wildman–Crippen LogP) is 3.37. The smallest absolute Gasteiger partial charge is 0.227 e. The van der Waals surface area contributed by atoms with Crippen LogP contribution in [0.4, 0.5) is 5.69 Å². The number of hydrogen-bond donors (Lipinski definition) is 1. The molecule has 2 heterocycles. The van der Waals surface area contributed by atoms with Gasteiger partial charge in [0, 0.05) is 36.6 Å². The number of para-hydroxylation sites is 1. The molecule has 1 atom stereocenters. The molecule has 0 spiro atoms. The number of rotatable bonds is 4. The van der Waals surface area contributed by atoms with Crippen molar-refractivity contribution in [2.45, 2.75) is 31.1 Å². The van der Waals surface area contributed by atoms with Crippen LogP contribution in [0.5, 0.6) is 5.75 Å². The number of benzene rings is 2. The Hall–Kier alpha value is -3.15. The van der Waals surface area contributed by atoms with Gasteiger partial charge in [0.05, 0.1) is 5.69 Å². The van der Waals surface area contributed by atoms with Gasteiger partial charge >= 0.3 is 0 Å². The van der Waals surface area contributed by atoms with Crippen LogP contribution in [0, 0.1) is 0 Å². The van der Waals surface area contributed by atoms with Gasteiger partial charge in [0.15, 0.2) is 5.82 Å². The van der Waals surface area contributed by atoms with Crippen molar-refractivity contribution in [2.24, 2.45) is 0 Å². The first-order valence-electron chi connectivity index (χ1n) is 9.31. The third kappa shape index (κ3) is 2.97. The summed E-state index contributed by atoms with van der Waals surface area (Å²) in [5.41, 5.74) is 1.69. The minimum absolute atomic E-state index is 0.0277. The summed E-state index contributed by atoms with van der Waals surface area (Å²) in [5, 5.41) is 14.5. The molecule has 1 aliphatic heterocycles. The van der Waals surface area contributed by atoms with E-state index in [1.807, 2.05) is 41.1 Å². The maximum Gasteiger partial charge on any atom is 0.227 e. The fourth-order valence-electron chi connectivity index (χ4n) is 3.67. The fraction of sp³-hybridized carbons (Fsp3) is 0.286. The fourth-order valence-corrected chi connectivity index (χ4v) is 3.67. The van der Waals surface area contributed by atoms with Crippen LogP contribution in [0.3, 0.4) is 0 Å². The van der Waals surface area contributed by atoms with Gasteiger partial charge in [-0.15, -0.1) is 0 Å². The standard InChI is InChI=1S/C21H20N4O2/c26-18-8-4-7-17(12-18)24-13-15(11-19(24)27)21-22-20(14-9-10-14)23-25(21)16-5-2-1-3-6-16/h1-8,12,14-15,26H,9-11,13H2. The third-order valence-corrected chi connectivity index (χ3v) is 5.22. The number of phenols is 1. The van der Waals surface area contributed by atoms with E-state index in [0.717, 1.165) is 35.9 Å². The number of hydrogen-bond acceptors (Lipinski definition) is 4. The Bertz CT molecular complexity index is 994. The summed E-state index contributed by atoms with van der Waals surface area (Å²) in [4.78, 5) is 19.2. The largest absolute Gasteiger partial charge is 0.508 e. The number of carbonyl (C=O) groups excluding carboxylic acids is 1. The maximum atomic E-state index is 12.7. The molecule has 27 heavy (non-hydrogen) atoms. The van der Waals surface area contributed by atoms with Crippen molar-refractivity contribution in [1.29, 1.82) is 0 Å². The molecule has 1 aromatic heterocycles. The number of phenolic OH excluding ortho intramolecular Hbond substituents is 1. The van der Waals surface area contributed by atoms with E-state index in [1.54, 1.807) is 23.1 Å². The highest BCUT2D eigenvalue weighted by atomic mass is 16.3. The van der Waals surface area contributed by atoms with Crippen LogP contribution >= 0.6 is 0 Å². The van der Waals surface area contributed by atoms with Gasteiger partial charge in [0.2, 0.25) is 5.91 Å². The lowest BCUT2D eigenvalue weighted by Crippen LogP contribution is -2.24. The summed E-state index contributed by atoms with van der Waals surface area (Å²) >= 11 is 0. The first kappa shape index (κ1) is 16.1. The molecule has 0 bridgehead atoms. The van der Waals surface area contributed by atoms with Crippen molar-refractivity contribution in [3.05, 3.63) is 66.2 Å². The molecule has 2 aromatic carbocycles. The molecule has 1 N–H and O–H groups in total. The highest BCUT2D eigenvalue weighted by Gasteiger charge is 2.37. The number of nitrogens with zero attached hydrogens (tertiary/aromatic N) is 4. The van der Waals surface area contributed by atoms with Gasteiger partial charge < -0.3 is 10.0 Å². The van der Waals surface area contributed by atoms with Gasteiger partial charge in [-0.25, -0.2) is 9.67 Å². The summed E-state index contributed by atoms with van der Waals surface area (Å²) in [6, 6.07) is 16.8. The van der Waals surface area contributed by atoms with Gasteiger partial charge in [-0.3, -0.25) is 4.79 Å². The number of anilines is 1. The average molecular weight is 360 g/mol. The number of carbonyl (C=O) groups is 1. The molecule has 1 amide bonds. The second kappa shape index (κ2) is 6.23. The second-order valence-corrected chi connectivity index (χ2v) is 7.28. The molecule has 1 aliphatic carbocycles. The summed E-state index contributed by atoms with van der Waals surface area (Å²) in [6.07, 6.45) is 2.67. The van der Waals surface area contributed by atoms with Gasteiger partial charge in [0.1, 0.15) is 11.6 Å². The normalized spacial score (nSPS) is 19.6. The van der Waals surface area contributed by atoms with Crippen molar-refractivity contribution in [3.8, 4) is 11.4 Å². The second-order valence-electron chi connectivity index (χ2n) is 7.28. The molecule has 6 nitrogen and oxygen atoms in total. The molecule has 2 aliphatic rings. The molecule has 1 saturated heterocycles. The van der Waals surface area contributed by atoms with Gasteiger partial charge in [-0.1, -0.05) is 24.3 Å². The van der Waals surface area contributed by atoms with Gasteiger partial charge in [-0.05, 0) is 37.1 Å². The average Bonchev–Trinajstić information content (AvgIpc) is 3.32. The number of aromatic hydroxyl groups is 1. The van der Waals surface area contributed by atoms with Crippen molar-refractivity contribution in [2.75, 3.05) is 11.4 Å². The Morgan fingerprint density at radius 1 is 0.963 bits per heavy atom. The molecule has 136 valence electrons. The van der Waals surface area contributed by atoms with E-state index >= 15 is 0 Å². The van der Waals surface area contributed by atoms with E-state index in [-0.39, 0.29) is 17.6 Å². The SMILES string of the molecule is O=C1CC(c2nc(C3CC3)nn2-c2ccccc2)CN1c1cccc(O)c1. The number of amides is 1. The quantitative estimate of drug-likeness (QED) is 0.774. The van der Waals surface area contributed by atoms with Crippen molar-refractivity contribution in [1.82, 2.24) is 14.8 Å². The van der Waals surface area contributed by atoms with Crippen LogP contribution in [0.2, 0.25) is 0 Å². The predicted molar refractivity (Wildman–Crippen MR) is 101 cm³/mol. The lowest BCUT2D eigenvalue weighted by Gasteiger charge is -2.17. The Morgan fingerprint density at radius 2 is 1.74 bits per heavy atom. The lowest BCUT2D eigenvalue weighted by molar-refractivity contribution is -0.117. The molecular weight excluding hydrogens is 340 g/mol. The highest BCUT2D eigenvalue weighted by molar-refractivity contribution is 5.96. The van der Waals surface area contributed by atoms with Crippen molar-refractivity contribution < 1.29 is 9.90 Å². The van der Waals surface area contributed by atoms with Crippen molar-refractivity contribution in [3.63, 3.8) is 0 Å². The van der Waals surface area contributed by atoms with Gasteiger partial charge in [-0.2, -0.15) is 5.10 Å². The van der Waals surface area contributed by atoms with Crippen molar-refractivity contribution >= 4 is 11.6 Å². The van der Waals surface area contributed by atoms with E-state index in [9.17, 15) is 9.90 Å². The van der Waals surface area contributed by atoms with E-state index < -0.39 is 0 Å². The Kier molecular flexibility index (Phi) is 3.70. The number of aromatic nitrogens is 3. The Balaban J connectivity index is 1.50. The first-order valence-corrected chi connectivity index (χ1v) is 9.31. The minimum atomic E-state index is -0.0277. The first-order chi connectivity index (χ1) is 13.2. The van der Waals surface area contributed by atoms with Crippen LogP contribution in [-0.2, 0) is 4.79 Å². The molecule has 2 fully saturated rings. The summed E-state index contributed by atoms with van der Waals surface area (Å²) < 4.78 is 1.90. The van der Waals surface area contributed by atoms with Crippen LogP contribution < -0.4 is 4.90 Å². The van der Waals surface area contributed by atoms with Crippen LogP contribution in [0.1, 0.15) is 42.7 Å². The highest BCUT2D eigenvalue weighted by Crippen LogP contribution is 2.40. The Labute approximate surface area is 157 Å². The van der Waals surface area contributed by atoms with Crippen LogP contribution in [-0.4, -0.2) is 32.3 Å². The molecular formula is C21H20N4O2. The lowest BCUT2D eigenvalue weighted by atomic mass is 10.1. The zero-order valence-electron chi connectivity index (χ0n) is 14.8. The molecule has 6 heteroatoms. The molecule has 0 radical (unpaired) electrons. The van der Waals surface area contributed by atoms with E-state index in [0.29, 0.717) is 18.9 Å². The zero-order valence-corrected chi connectivity index (χ0v) is 14.8. The third-order valence-electron chi connectivity index (χ3n) is 5.22. The van der Waals surface area contributed by atoms with Crippen LogP contribution in [0.25, 0.3) is 5.69 Å². The maximum absolute atomic E-state index is 12.7. The molecule has 1 unspecified atom stereocenters. The molecule has 3 aromatic rings. The topological polar surface area (TPSA) is 71.2 Å². The minimum Gasteiger partial charge on any atom is -0.508 e. The van der Waals surface area contributed by atoms with Gasteiger partial charge in [0.25, 0.3) is 0 Å².